The van der Waals surface area contributed by atoms with Crippen LogP contribution in [-0.2, 0) is 6.54 Å². The molecule has 0 bridgehead atoms. The number of halogens is 2. The van der Waals surface area contributed by atoms with Crippen LogP contribution in [-0.4, -0.2) is 4.98 Å². The van der Waals surface area contributed by atoms with Gasteiger partial charge in [-0.2, -0.15) is 0 Å². The number of rotatable bonds is 2. The number of pyridine rings is 1. The smallest absolute Gasteiger partial charge is 0.149 e. The number of nitrogens with two attached hydrogens (primary N) is 1. The van der Waals surface area contributed by atoms with Gasteiger partial charge in [-0.15, -0.1) is 0 Å². The van der Waals surface area contributed by atoms with Crippen molar-refractivity contribution in [3.8, 4) is 11.1 Å². The Morgan fingerprint density at radius 1 is 1.25 bits per heavy atom. The van der Waals surface area contributed by atoms with Crippen LogP contribution >= 0.6 is 11.6 Å². The Bertz CT molecular complexity index is 514. The minimum absolute atomic E-state index is 0.342. The fourth-order valence-corrected chi connectivity index (χ4v) is 1.74. The van der Waals surface area contributed by atoms with Crippen LogP contribution in [0.1, 0.15) is 5.56 Å². The third kappa shape index (κ3) is 2.05. The van der Waals surface area contributed by atoms with Gasteiger partial charge in [-0.05, 0) is 29.3 Å². The molecule has 4 heteroatoms. The summed E-state index contributed by atoms with van der Waals surface area (Å²) >= 11 is 5.90. The molecule has 0 aliphatic heterocycles. The zero-order valence-electron chi connectivity index (χ0n) is 8.45. The van der Waals surface area contributed by atoms with Gasteiger partial charge in [-0.3, -0.25) is 4.98 Å². The van der Waals surface area contributed by atoms with Crippen molar-refractivity contribution >= 4 is 11.6 Å². The molecule has 0 unspecified atom stereocenters. The Kier molecular flexibility index (Phi) is 3.17. The molecule has 2 nitrogen and oxygen atoms in total. The summed E-state index contributed by atoms with van der Waals surface area (Å²) < 4.78 is 13.6. The SMILES string of the molecule is NCc1ccc(Cl)cc1-c1ccncc1F. The molecular weight excluding hydrogens is 227 g/mol. The van der Waals surface area contributed by atoms with Gasteiger partial charge < -0.3 is 5.73 Å². The Balaban J connectivity index is 2.63. The predicted octanol–water partition coefficient (Wildman–Crippen LogP) is 3.00. The summed E-state index contributed by atoms with van der Waals surface area (Å²) in [5.74, 6) is -0.375. The zero-order chi connectivity index (χ0) is 11.5. The summed E-state index contributed by atoms with van der Waals surface area (Å²) in [6, 6.07) is 6.87. The molecule has 16 heavy (non-hydrogen) atoms. The van der Waals surface area contributed by atoms with Gasteiger partial charge >= 0.3 is 0 Å². The molecule has 0 atom stereocenters. The van der Waals surface area contributed by atoms with E-state index < -0.39 is 0 Å². The number of aromatic nitrogens is 1. The Morgan fingerprint density at radius 3 is 2.75 bits per heavy atom. The van der Waals surface area contributed by atoms with Gasteiger partial charge in [0.25, 0.3) is 0 Å². The summed E-state index contributed by atoms with van der Waals surface area (Å²) in [7, 11) is 0. The van der Waals surface area contributed by atoms with Crippen LogP contribution in [0.4, 0.5) is 4.39 Å². The maximum absolute atomic E-state index is 13.6. The highest BCUT2D eigenvalue weighted by Crippen LogP contribution is 2.28. The van der Waals surface area contributed by atoms with Crippen LogP contribution in [0, 0.1) is 5.82 Å². The minimum atomic E-state index is -0.375. The molecule has 0 saturated heterocycles. The summed E-state index contributed by atoms with van der Waals surface area (Å²) in [4.78, 5) is 3.71. The van der Waals surface area contributed by atoms with Crippen LogP contribution in [0.15, 0.2) is 36.7 Å². The number of hydrogen-bond acceptors (Lipinski definition) is 2. The predicted molar refractivity (Wildman–Crippen MR) is 62.5 cm³/mol. The van der Waals surface area contributed by atoms with Gasteiger partial charge in [0.2, 0.25) is 0 Å². The Labute approximate surface area is 97.9 Å². The topological polar surface area (TPSA) is 38.9 Å². The van der Waals surface area contributed by atoms with E-state index in [0.717, 1.165) is 11.1 Å². The lowest BCUT2D eigenvalue weighted by molar-refractivity contribution is 0.625. The first-order valence-electron chi connectivity index (χ1n) is 4.80. The highest BCUT2D eigenvalue weighted by molar-refractivity contribution is 6.30. The van der Waals surface area contributed by atoms with Crippen LogP contribution in [0.3, 0.4) is 0 Å². The lowest BCUT2D eigenvalue weighted by atomic mass is 10.0. The first-order valence-corrected chi connectivity index (χ1v) is 5.18. The van der Waals surface area contributed by atoms with E-state index in [9.17, 15) is 4.39 Å². The van der Waals surface area contributed by atoms with E-state index in [-0.39, 0.29) is 5.82 Å². The van der Waals surface area contributed by atoms with Gasteiger partial charge in [0.1, 0.15) is 5.82 Å². The van der Waals surface area contributed by atoms with E-state index in [1.165, 1.54) is 6.20 Å². The molecule has 0 amide bonds. The zero-order valence-corrected chi connectivity index (χ0v) is 9.21. The van der Waals surface area contributed by atoms with E-state index in [2.05, 4.69) is 4.98 Å². The van der Waals surface area contributed by atoms with Crippen LogP contribution in [0.25, 0.3) is 11.1 Å². The second-order valence-corrected chi connectivity index (χ2v) is 3.80. The second-order valence-electron chi connectivity index (χ2n) is 3.36. The molecule has 0 spiro atoms. The summed E-state index contributed by atoms with van der Waals surface area (Å²) in [5.41, 5.74) is 7.65. The molecule has 0 aliphatic rings. The second kappa shape index (κ2) is 4.60. The fraction of sp³-hybridized carbons (Fsp3) is 0.0833. The molecule has 82 valence electrons. The van der Waals surface area contributed by atoms with Crippen LogP contribution in [0.5, 0.6) is 0 Å². The number of hydrogen-bond donors (Lipinski definition) is 1. The monoisotopic (exact) mass is 236 g/mol. The van der Waals surface area contributed by atoms with Gasteiger partial charge in [-0.1, -0.05) is 17.7 Å². The van der Waals surface area contributed by atoms with Crippen molar-refractivity contribution in [2.24, 2.45) is 5.73 Å². The fourth-order valence-electron chi connectivity index (χ4n) is 1.57. The maximum atomic E-state index is 13.6. The molecule has 0 radical (unpaired) electrons. The average molecular weight is 237 g/mol. The quantitative estimate of drug-likeness (QED) is 0.871. The van der Waals surface area contributed by atoms with E-state index in [1.807, 2.05) is 0 Å². The summed E-state index contributed by atoms with van der Waals surface area (Å²) in [6.45, 7) is 0.342. The molecule has 0 aliphatic carbocycles. The van der Waals surface area contributed by atoms with Crippen molar-refractivity contribution in [1.82, 2.24) is 4.98 Å². The first kappa shape index (κ1) is 11.0. The first-order chi connectivity index (χ1) is 7.72. The number of nitrogens with zero attached hydrogens (tertiary/aromatic N) is 1. The van der Waals surface area contributed by atoms with Gasteiger partial charge in [-0.25, -0.2) is 4.39 Å². The van der Waals surface area contributed by atoms with E-state index >= 15 is 0 Å². The maximum Gasteiger partial charge on any atom is 0.149 e. The lowest BCUT2D eigenvalue weighted by Gasteiger charge is -2.09. The summed E-state index contributed by atoms with van der Waals surface area (Å²) in [5, 5.41) is 0.559. The average Bonchev–Trinajstić information content (AvgIpc) is 2.29. The Hall–Kier alpha value is -1.45. The highest BCUT2D eigenvalue weighted by Gasteiger charge is 2.09. The molecule has 2 N–H and O–H groups in total. The molecule has 1 aromatic heterocycles. The van der Waals surface area contributed by atoms with E-state index in [1.54, 1.807) is 30.5 Å². The van der Waals surface area contributed by atoms with Crippen LogP contribution < -0.4 is 5.73 Å². The molecular formula is C12H10ClFN2. The standard InChI is InChI=1S/C12H10ClFN2/c13-9-2-1-8(6-15)11(5-9)10-3-4-16-7-12(10)14/h1-5,7H,6,15H2. The molecule has 1 aromatic carbocycles. The Morgan fingerprint density at radius 2 is 2.06 bits per heavy atom. The van der Waals surface area contributed by atoms with Crippen molar-refractivity contribution in [3.63, 3.8) is 0 Å². The normalized spacial score (nSPS) is 10.4. The highest BCUT2D eigenvalue weighted by atomic mass is 35.5. The molecule has 0 saturated carbocycles. The third-order valence-corrected chi connectivity index (χ3v) is 2.59. The van der Waals surface area contributed by atoms with Gasteiger partial charge in [0.05, 0.1) is 6.20 Å². The number of benzene rings is 1. The lowest BCUT2D eigenvalue weighted by Crippen LogP contribution is -1.99. The van der Waals surface area contributed by atoms with Crippen LogP contribution in [0.2, 0.25) is 5.02 Å². The molecule has 2 rings (SSSR count). The molecule has 2 aromatic rings. The van der Waals surface area contributed by atoms with Gasteiger partial charge in [0, 0.05) is 23.3 Å². The van der Waals surface area contributed by atoms with Crippen molar-refractivity contribution < 1.29 is 4.39 Å². The summed E-state index contributed by atoms with van der Waals surface area (Å²) in [6.07, 6.45) is 2.72. The van der Waals surface area contributed by atoms with E-state index in [0.29, 0.717) is 17.1 Å². The third-order valence-electron chi connectivity index (χ3n) is 2.35. The molecule has 0 fully saturated rings. The van der Waals surface area contributed by atoms with Gasteiger partial charge in [0.15, 0.2) is 0 Å². The van der Waals surface area contributed by atoms with E-state index in [4.69, 9.17) is 17.3 Å². The van der Waals surface area contributed by atoms with Crippen molar-refractivity contribution in [2.45, 2.75) is 6.54 Å². The van der Waals surface area contributed by atoms with Crippen molar-refractivity contribution in [1.29, 1.82) is 0 Å². The van der Waals surface area contributed by atoms with Crippen molar-refractivity contribution in [3.05, 3.63) is 53.1 Å². The largest absolute Gasteiger partial charge is 0.326 e. The van der Waals surface area contributed by atoms with Crippen molar-refractivity contribution in [2.75, 3.05) is 0 Å². The minimum Gasteiger partial charge on any atom is -0.326 e. The molecule has 1 heterocycles.